The molecule has 116 valence electrons. The van der Waals surface area contributed by atoms with Crippen LogP contribution in [0.2, 0.25) is 0 Å². The van der Waals surface area contributed by atoms with E-state index in [0.29, 0.717) is 6.61 Å². The minimum Gasteiger partial charge on any atom is -0.383 e. The Morgan fingerprint density at radius 1 is 1.18 bits per heavy atom. The predicted molar refractivity (Wildman–Crippen MR) is 85.9 cm³/mol. The molecule has 0 saturated carbocycles. The fourth-order valence-electron chi connectivity index (χ4n) is 2.95. The molecule has 22 heavy (non-hydrogen) atoms. The van der Waals surface area contributed by atoms with Gasteiger partial charge in [-0.05, 0) is 6.42 Å². The van der Waals surface area contributed by atoms with Crippen LogP contribution in [0, 0.1) is 0 Å². The van der Waals surface area contributed by atoms with Crippen LogP contribution in [0.1, 0.15) is 6.42 Å². The number of anilines is 1. The Bertz CT molecular complexity index is 606. The van der Waals surface area contributed by atoms with Crippen LogP contribution in [0.5, 0.6) is 0 Å². The zero-order valence-corrected chi connectivity index (χ0v) is 13.0. The molecule has 0 unspecified atom stereocenters. The summed E-state index contributed by atoms with van der Waals surface area (Å²) in [6.07, 6.45) is 2.80. The van der Waals surface area contributed by atoms with Crippen LogP contribution in [-0.4, -0.2) is 49.5 Å². The topological polar surface area (TPSA) is 47.5 Å². The Morgan fingerprint density at radius 3 is 2.73 bits per heavy atom. The number of aromatic nitrogens is 2. The maximum absolute atomic E-state index is 5.51. The third-order valence-electron chi connectivity index (χ3n) is 4.08. The number of hydrogen-bond acceptors (Lipinski definition) is 5. The number of ether oxygens (including phenoxy) is 2. The average molecular weight is 299 g/mol. The van der Waals surface area contributed by atoms with Gasteiger partial charge in [0, 0.05) is 32.4 Å². The fraction of sp³-hybridized carbons (Fsp3) is 0.412. The molecule has 1 saturated heterocycles. The molecule has 2 aromatic rings. The van der Waals surface area contributed by atoms with Gasteiger partial charge in [-0.1, -0.05) is 30.3 Å². The quantitative estimate of drug-likeness (QED) is 0.848. The summed E-state index contributed by atoms with van der Waals surface area (Å²) in [5.74, 6) is 0.926. The van der Waals surface area contributed by atoms with Crippen molar-refractivity contribution in [2.75, 3.05) is 32.3 Å². The molecule has 1 fully saturated rings. The van der Waals surface area contributed by atoms with Crippen molar-refractivity contribution < 1.29 is 9.47 Å². The summed E-state index contributed by atoms with van der Waals surface area (Å²) in [5, 5.41) is 0. The molecule has 0 bridgehead atoms. The van der Waals surface area contributed by atoms with Gasteiger partial charge in [-0.25, -0.2) is 9.97 Å². The highest BCUT2D eigenvalue weighted by atomic mass is 16.5. The van der Waals surface area contributed by atoms with Crippen LogP contribution in [-0.2, 0) is 9.47 Å². The smallest absolute Gasteiger partial charge is 0.132 e. The van der Waals surface area contributed by atoms with Crippen LogP contribution < -0.4 is 4.90 Å². The van der Waals surface area contributed by atoms with Crippen LogP contribution in [0.25, 0.3) is 11.3 Å². The Balaban J connectivity index is 1.88. The first-order valence-corrected chi connectivity index (χ1v) is 7.47. The van der Waals surface area contributed by atoms with Gasteiger partial charge in [0.25, 0.3) is 0 Å². The molecule has 3 rings (SSSR count). The van der Waals surface area contributed by atoms with Crippen molar-refractivity contribution in [3.8, 4) is 11.3 Å². The van der Waals surface area contributed by atoms with E-state index in [1.807, 2.05) is 24.3 Å². The molecule has 5 heteroatoms. The standard InChI is InChI=1S/C17H21N3O2/c1-21-11-14-8-15(22-2)10-20(14)17-9-16(18-12-19-17)13-6-4-3-5-7-13/h3-7,9,12,14-15H,8,10-11H2,1-2H3/t14-,15+/m0/s1. The van der Waals surface area contributed by atoms with Crippen LogP contribution in [0.4, 0.5) is 5.82 Å². The van der Waals surface area contributed by atoms with Gasteiger partial charge >= 0.3 is 0 Å². The molecular formula is C17H21N3O2. The second-order valence-corrected chi connectivity index (χ2v) is 5.48. The number of benzene rings is 1. The molecular weight excluding hydrogens is 278 g/mol. The zero-order chi connectivity index (χ0) is 15.4. The van der Waals surface area contributed by atoms with Crippen molar-refractivity contribution in [1.29, 1.82) is 0 Å². The van der Waals surface area contributed by atoms with E-state index in [1.165, 1.54) is 0 Å². The summed E-state index contributed by atoms with van der Waals surface area (Å²) in [6.45, 7) is 1.50. The van der Waals surface area contributed by atoms with Gasteiger partial charge in [0.15, 0.2) is 0 Å². The van der Waals surface area contributed by atoms with E-state index < -0.39 is 0 Å². The van der Waals surface area contributed by atoms with E-state index in [0.717, 1.165) is 30.0 Å². The molecule has 0 N–H and O–H groups in total. The lowest BCUT2D eigenvalue weighted by Crippen LogP contribution is -2.33. The summed E-state index contributed by atoms with van der Waals surface area (Å²) in [6, 6.07) is 12.5. The maximum Gasteiger partial charge on any atom is 0.132 e. The number of methoxy groups -OCH3 is 2. The van der Waals surface area contributed by atoms with Gasteiger partial charge in [0.05, 0.1) is 24.4 Å². The minimum absolute atomic E-state index is 0.218. The van der Waals surface area contributed by atoms with E-state index in [-0.39, 0.29) is 12.1 Å². The van der Waals surface area contributed by atoms with Gasteiger partial charge < -0.3 is 14.4 Å². The number of nitrogens with zero attached hydrogens (tertiary/aromatic N) is 3. The molecule has 2 heterocycles. The molecule has 2 atom stereocenters. The number of rotatable bonds is 5. The lowest BCUT2D eigenvalue weighted by atomic mass is 10.1. The van der Waals surface area contributed by atoms with Crippen molar-refractivity contribution in [1.82, 2.24) is 9.97 Å². The summed E-state index contributed by atoms with van der Waals surface area (Å²) in [4.78, 5) is 11.1. The van der Waals surface area contributed by atoms with Crippen molar-refractivity contribution in [2.24, 2.45) is 0 Å². The molecule has 5 nitrogen and oxygen atoms in total. The van der Waals surface area contributed by atoms with Crippen LogP contribution in [0.3, 0.4) is 0 Å². The van der Waals surface area contributed by atoms with Crippen LogP contribution in [0.15, 0.2) is 42.7 Å². The Labute approximate surface area is 130 Å². The Morgan fingerprint density at radius 2 is 2.00 bits per heavy atom. The Hall–Kier alpha value is -1.98. The summed E-state index contributed by atoms with van der Waals surface area (Å²) >= 11 is 0. The van der Waals surface area contributed by atoms with Gasteiger partial charge in [0.2, 0.25) is 0 Å². The van der Waals surface area contributed by atoms with Crippen molar-refractivity contribution in [3.05, 3.63) is 42.7 Å². The van der Waals surface area contributed by atoms with Gasteiger partial charge in [-0.3, -0.25) is 0 Å². The third-order valence-corrected chi connectivity index (χ3v) is 4.08. The highest BCUT2D eigenvalue weighted by molar-refractivity contribution is 5.62. The predicted octanol–water partition coefficient (Wildman–Crippen LogP) is 2.38. The zero-order valence-electron chi connectivity index (χ0n) is 13.0. The third kappa shape index (κ3) is 3.10. The molecule has 0 spiro atoms. The SMILES string of the molecule is COC[C@@H]1C[C@@H](OC)CN1c1cc(-c2ccccc2)ncn1. The lowest BCUT2D eigenvalue weighted by molar-refractivity contribution is 0.111. The first kappa shape index (κ1) is 14.9. The number of hydrogen-bond donors (Lipinski definition) is 0. The van der Waals surface area contributed by atoms with E-state index in [9.17, 15) is 0 Å². The van der Waals surface area contributed by atoms with Gasteiger partial charge in [-0.15, -0.1) is 0 Å². The van der Waals surface area contributed by atoms with Crippen LogP contribution >= 0.6 is 0 Å². The molecule has 1 aromatic carbocycles. The lowest BCUT2D eigenvalue weighted by Gasteiger charge is -2.25. The van der Waals surface area contributed by atoms with E-state index >= 15 is 0 Å². The summed E-state index contributed by atoms with van der Waals surface area (Å²) < 4.78 is 10.9. The molecule has 1 aliphatic heterocycles. The van der Waals surface area contributed by atoms with Crippen molar-refractivity contribution in [3.63, 3.8) is 0 Å². The fourth-order valence-corrected chi connectivity index (χ4v) is 2.95. The normalized spacial score (nSPS) is 21.3. The Kier molecular flexibility index (Phi) is 4.65. The van der Waals surface area contributed by atoms with E-state index in [4.69, 9.17) is 9.47 Å². The molecule has 0 amide bonds. The first-order valence-electron chi connectivity index (χ1n) is 7.47. The van der Waals surface area contributed by atoms with Gasteiger partial charge in [0.1, 0.15) is 12.1 Å². The largest absolute Gasteiger partial charge is 0.383 e. The monoisotopic (exact) mass is 299 g/mol. The van der Waals surface area contributed by atoms with Crippen molar-refractivity contribution in [2.45, 2.75) is 18.6 Å². The molecule has 1 aromatic heterocycles. The van der Waals surface area contributed by atoms with Gasteiger partial charge in [-0.2, -0.15) is 0 Å². The maximum atomic E-state index is 5.51. The molecule has 1 aliphatic rings. The summed E-state index contributed by atoms with van der Waals surface area (Å²) in [7, 11) is 3.49. The van der Waals surface area contributed by atoms with E-state index in [1.54, 1.807) is 20.5 Å². The average Bonchev–Trinajstić information content (AvgIpc) is 2.99. The summed E-state index contributed by atoms with van der Waals surface area (Å²) in [5.41, 5.74) is 2.03. The highest BCUT2D eigenvalue weighted by Crippen LogP contribution is 2.28. The second-order valence-electron chi connectivity index (χ2n) is 5.48. The molecule has 0 radical (unpaired) electrons. The minimum atomic E-state index is 0.218. The second kappa shape index (κ2) is 6.85. The molecule has 0 aliphatic carbocycles. The van der Waals surface area contributed by atoms with E-state index in [2.05, 4.69) is 27.0 Å². The highest BCUT2D eigenvalue weighted by Gasteiger charge is 2.33. The first-order chi connectivity index (χ1) is 10.8. The van der Waals surface area contributed by atoms with Crippen molar-refractivity contribution >= 4 is 5.82 Å².